The van der Waals surface area contributed by atoms with E-state index >= 15 is 0 Å². The fourth-order valence-corrected chi connectivity index (χ4v) is 3.63. The minimum atomic E-state index is -3.30. The average Bonchev–Trinajstić information content (AvgIpc) is 2.59. The van der Waals surface area contributed by atoms with Crippen molar-refractivity contribution >= 4 is 15.9 Å². The molecule has 0 radical (unpaired) electrons. The van der Waals surface area contributed by atoms with Crippen LogP contribution in [0.15, 0.2) is 24.3 Å². The molecule has 1 N–H and O–H groups in total. The van der Waals surface area contributed by atoms with Crippen LogP contribution in [0.2, 0.25) is 0 Å². The molecule has 1 aliphatic rings. The molecular weight excluding hydrogens is 354 g/mol. The van der Waals surface area contributed by atoms with Gasteiger partial charge in [-0.15, -0.1) is 0 Å². The van der Waals surface area contributed by atoms with Gasteiger partial charge in [0.25, 0.3) is 0 Å². The van der Waals surface area contributed by atoms with E-state index in [2.05, 4.69) is 10.2 Å². The third kappa shape index (κ3) is 7.41. The summed E-state index contributed by atoms with van der Waals surface area (Å²) in [4.78, 5) is 14.2. The van der Waals surface area contributed by atoms with Gasteiger partial charge in [-0.2, -0.15) is 4.31 Å². The van der Waals surface area contributed by atoms with Crippen LogP contribution in [0.1, 0.15) is 11.1 Å². The summed E-state index contributed by atoms with van der Waals surface area (Å²) in [7, 11) is -3.30. The molecule has 0 bridgehead atoms. The van der Waals surface area contributed by atoms with Crippen LogP contribution in [-0.2, 0) is 26.0 Å². The summed E-state index contributed by atoms with van der Waals surface area (Å²) < 4.78 is 30.7. The van der Waals surface area contributed by atoms with Crippen molar-refractivity contribution in [1.29, 1.82) is 0 Å². The fourth-order valence-electron chi connectivity index (χ4n) is 2.80. The van der Waals surface area contributed by atoms with E-state index in [0.717, 1.165) is 24.2 Å². The maximum atomic E-state index is 12.0. The van der Waals surface area contributed by atoms with Crippen LogP contribution in [-0.4, -0.2) is 82.3 Å². The highest BCUT2D eigenvalue weighted by Gasteiger charge is 2.19. The molecule has 1 aliphatic heterocycles. The number of morpholine rings is 1. The minimum absolute atomic E-state index is 0.101. The Hall–Kier alpha value is -1.48. The van der Waals surface area contributed by atoms with Gasteiger partial charge in [0.15, 0.2) is 0 Å². The molecular formula is C18H29N3O4S. The van der Waals surface area contributed by atoms with Crippen molar-refractivity contribution in [3.63, 3.8) is 0 Å². The van der Waals surface area contributed by atoms with Crippen LogP contribution in [0, 0.1) is 6.92 Å². The van der Waals surface area contributed by atoms with Crippen molar-refractivity contribution in [2.24, 2.45) is 0 Å². The maximum absolute atomic E-state index is 12.0. The van der Waals surface area contributed by atoms with E-state index < -0.39 is 10.0 Å². The normalized spacial score (nSPS) is 16.0. The number of ether oxygens (including phenoxy) is 1. The molecule has 2 rings (SSSR count). The van der Waals surface area contributed by atoms with Gasteiger partial charge in [0.1, 0.15) is 0 Å². The molecule has 146 valence electrons. The Balaban J connectivity index is 1.75. The first-order valence-electron chi connectivity index (χ1n) is 8.92. The van der Waals surface area contributed by atoms with Crippen molar-refractivity contribution in [2.45, 2.75) is 13.3 Å². The van der Waals surface area contributed by atoms with Crippen LogP contribution >= 0.6 is 0 Å². The highest BCUT2D eigenvalue weighted by Crippen LogP contribution is 2.04. The number of nitrogens with zero attached hydrogens (tertiary/aromatic N) is 2. The Labute approximate surface area is 156 Å². The zero-order valence-electron chi connectivity index (χ0n) is 15.6. The van der Waals surface area contributed by atoms with Crippen LogP contribution < -0.4 is 5.32 Å². The Morgan fingerprint density at radius 3 is 2.46 bits per heavy atom. The first-order valence-corrected chi connectivity index (χ1v) is 10.8. The predicted octanol–water partition coefficient (Wildman–Crippen LogP) is 0.248. The van der Waals surface area contributed by atoms with E-state index in [1.807, 2.05) is 31.2 Å². The third-order valence-electron chi connectivity index (χ3n) is 4.41. The first kappa shape index (κ1) is 20.8. The predicted molar refractivity (Wildman–Crippen MR) is 102 cm³/mol. The number of sulfonamides is 1. The van der Waals surface area contributed by atoms with Crippen LogP contribution in [0.4, 0.5) is 0 Å². The standard InChI is InChI=1S/C18H29N3O4S/c1-16-3-5-17(6-4-16)15-18(22)19-7-8-21(26(2,23)24)10-9-20-11-13-25-14-12-20/h3-6H,7-15H2,1-2H3,(H,19,22). The SMILES string of the molecule is Cc1ccc(CC(=O)NCCN(CCN2CCOCC2)S(C)(=O)=O)cc1. The van der Waals surface area contributed by atoms with E-state index in [1.54, 1.807) is 0 Å². The van der Waals surface area contributed by atoms with Crippen molar-refractivity contribution in [2.75, 3.05) is 58.7 Å². The summed E-state index contributed by atoms with van der Waals surface area (Å²) in [6.07, 6.45) is 1.51. The number of carbonyl (C=O) groups excluding carboxylic acids is 1. The molecule has 0 saturated carbocycles. The molecule has 1 heterocycles. The molecule has 1 amide bonds. The van der Waals surface area contributed by atoms with Gasteiger partial charge in [-0.1, -0.05) is 29.8 Å². The van der Waals surface area contributed by atoms with E-state index in [-0.39, 0.29) is 12.5 Å². The second-order valence-corrected chi connectivity index (χ2v) is 8.61. The number of aryl methyl sites for hydroxylation is 1. The van der Waals surface area contributed by atoms with Crippen molar-refractivity contribution in [1.82, 2.24) is 14.5 Å². The van der Waals surface area contributed by atoms with Gasteiger partial charge in [-0.25, -0.2) is 8.42 Å². The summed E-state index contributed by atoms with van der Waals surface area (Å²) in [5.41, 5.74) is 2.10. The van der Waals surface area contributed by atoms with Crippen molar-refractivity contribution in [3.8, 4) is 0 Å². The average molecular weight is 384 g/mol. The van der Waals surface area contributed by atoms with Gasteiger partial charge >= 0.3 is 0 Å². The number of nitrogens with one attached hydrogen (secondary N) is 1. The molecule has 0 unspecified atom stereocenters. The Kier molecular flexibility index (Phi) is 8.02. The molecule has 26 heavy (non-hydrogen) atoms. The zero-order chi connectivity index (χ0) is 19.0. The molecule has 8 heteroatoms. The van der Waals surface area contributed by atoms with Gasteiger partial charge in [0.2, 0.25) is 15.9 Å². The molecule has 1 aromatic carbocycles. The highest BCUT2D eigenvalue weighted by molar-refractivity contribution is 7.88. The smallest absolute Gasteiger partial charge is 0.224 e. The molecule has 1 saturated heterocycles. The Morgan fingerprint density at radius 1 is 1.19 bits per heavy atom. The number of rotatable bonds is 9. The number of benzene rings is 1. The lowest BCUT2D eigenvalue weighted by Gasteiger charge is -2.29. The largest absolute Gasteiger partial charge is 0.379 e. The lowest BCUT2D eigenvalue weighted by Crippen LogP contribution is -2.45. The maximum Gasteiger partial charge on any atom is 0.224 e. The van der Waals surface area contributed by atoms with Gasteiger partial charge in [0.05, 0.1) is 25.9 Å². The van der Waals surface area contributed by atoms with Crippen LogP contribution in [0.5, 0.6) is 0 Å². The number of carbonyl (C=O) groups is 1. The van der Waals surface area contributed by atoms with Crippen LogP contribution in [0.25, 0.3) is 0 Å². The summed E-state index contributed by atoms with van der Waals surface area (Å²) in [5.74, 6) is -0.101. The van der Waals surface area contributed by atoms with Gasteiger partial charge < -0.3 is 10.1 Å². The molecule has 1 fully saturated rings. The highest BCUT2D eigenvalue weighted by atomic mass is 32.2. The summed E-state index contributed by atoms with van der Waals surface area (Å²) in [6, 6.07) is 7.80. The second-order valence-electron chi connectivity index (χ2n) is 6.63. The fraction of sp³-hybridized carbons (Fsp3) is 0.611. The van der Waals surface area contributed by atoms with Gasteiger partial charge in [0, 0.05) is 39.3 Å². The van der Waals surface area contributed by atoms with Gasteiger partial charge in [-0.05, 0) is 12.5 Å². The van der Waals surface area contributed by atoms with E-state index in [1.165, 1.54) is 10.6 Å². The Bertz CT molecular complexity index is 670. The van der Waals surface area contributed by atoms with E-state index in [4.69, 9.17) is 4.74 Å². The first-order chi connectivity index (χ1) is 12.3. The molecule has 1 aromatic rings. The summed E-state index contributed by atoms with van der Waals surface area (Å²) >= 11 is 0. The lowest BCUT2D eigenvalue weighted by molar-refractivity contribution is -0.120. The second kappa shape index (κ2) is 10.0. The number of hydrogen-bond donors (Lipinski definition) is 1. The van der Waals surface area contributed by atoms with Crippen molar-refractivity contribution < 1.29 is 17.9 Å². The Morgan fingerprint density at radius 2 is 1.85 bits per heavy atom. The number of hydrogen-bond acceptors (Lipinski definition) is 5. The van der Waals surface area contributed by atoms with Gasteiger partial charge in [-0.3, -0.25) is 9.69 Å². The summed E-state index contributed by atoms with van der Waals surface area (Å²) in [6.45, 7) is 6.71. The van der Waals surface area contributed by atoms with Crippen molar-refractivity contribution in [3.05, 3.63) is 35.4 Å². The zero-order valence-corrected chi connectivity index (χ0v) is 16.4. The molecule has 0 spiro atoms. The van der Waals surface area contributed by atoms with E-state index in [0.29, 0.717) is 39.3 Å². The molecule has 0 atom stereocenters. The third-order valence-corrected chi connectivity index (χ3v) is 5.71. The quantitative estimate of drug-likeness (QED) is 0.661. The minimum Gasteiger partial charge on any atom is -0.379 e. The number of amides is 1. The molecule has 0 aromatic heterocycles. The molecule has 7 nitrogen and oxygen atoms in total. The van der Waals surface area contributed by atoms with Crippen LogP contribution in [0.3, 0.4) is 0 Å². The topological polar surface area (TPSA) is 79.0 Å². The molecule has 0 aliphatic carbocycles. The van der Waals surface area contributed by atoms with E-state index in [9.17, 15) is 13.2 Å². The lowest BCUT2D eigenvalue weighted by atomic mass is 10.1. The monoisotopic (exact) mass is 383 g/mol. The summed E-state index contributed by atoms with van der Waals surface area (Å²) in [5, 5.41) is 2.81.